The van der Waals surface area contributed by atoms with Gasteiger partial charge in [-0.25, -0.2) is 0 Å². The summed E-state index contributed by atoms with van der Waals surface area (Å²) in [7, 11) is 0. The molecule has 2 bridgehead atoms. The number of hydrogen-bond donors (Lipinski definition) is 2. The largest absolute Gasteiger partial charge is 0.466 e. The molecule has 186 valence electrons. The molecule has 3 aliphatic heterocycles. The zero-order valence-corrected chi connectivity index (χ0v) is 21.7. The van der Waals surface area contributed by atoms with Crippen LogP contribution in [0, 0.1) is 17.8 Å². The van der Waals surface area contributed by atoms with Crippen molar-refractivity contribution in [1.82, 2.24) is 4.90 Å². The van der Waals surface area contributed by atoms with Crippen LogP contribution >= 0.6 is 27.5 Å². The number of carbonyl (C=O) groups is 3. The smallest absolute Gasteiger partial charge is 0.312 e. The summed E-state index contributed by atoms with van der Waals surface area (Å²) in [5.74, 6) is -2.78. The van der Waals surface area contributed by atoms with Crippen molar-refractivity contribution in [3.8, 4) is 0 Å². The lowest BCUT2D eigenvalue weighted by Crippen LogP contribution is -2.56. The summed E-state index contributed by atoms with van der Waals surface area (Å²) in [5, 5.41) is 13.6. The number of aliphatic hydroxyl groups excluding tert-OH is 1. The van der Waals surface area contributed by atoms with E-state index in [0.717, 1.165) is 0 Å². The summed E-state index contributed by atoms with van der Waals surface area (Å²) in [6, 6.07) is 5.07. The fourth-order valence-electron chi connectivity index (χ4n) is 5.83. The third kappa shape index (κ3) is 4.14. The Morgan fingerprint density at radius 1 is 1.35 bits per heavy atom. The second-order valence-corrected chi connectivity index (χ2v) is 11.2. The van der Waals surface area contributed by atoms with Gasteiger partial charge < -0.3 is 24.8 Å². The van der Waals surface area contributed by atoms with Crippen molar-refractivity contribution in [2.75, 3.05) is 18.5 Å². The maximum absolute atomic E-state index is 13.9. The highest BCUT2D eigenvalue weighted by molar-refractivity contribution is 9.09. The van der Waals surface area contributed by atoms with E-state index in [4.69, 9.17) is 21.1 Å². The lowest BCUT2D eigenvalue weighted by atomic mass is 9.70. The van der Waals surface area contributed by atoms with Crippen molar-refractivity contribution in [3.63, 3.8) is 0 Å². The number of likely N-dealkylation sites (tertiary alicyclic amines) is 1. The lowest BCUT2D eigenvalue weighted by Gasteiger charge is -2.37. The summed E-state index contributed by atoms with van der Waals surface area (Å²) in [4.78, 5) is 41.9. The Kier molecular flexibility index (Phi) is 7.29. The topological polar surface area (TPSA) is 105 Å². The first-order valence-electron chi connectivity index (χ1n) is 11.6. The maximum atomic E-state index is 13.9. The predicted octanol–water partition coefficient (Wildman–Crippen LogP) is 3.00. The second-order valence-electron chi connectivity index (χ2n) is 9.62. The van der Waals surface area contributed by atoms with Crippen molar-refractivity contribution in [2.45, 2.75) is 62.2 Å². The zero-order valence-electron chi connectivity index (χ0n) is 19.4. The molecule has 10 heteroatoms. The fraction of sp³-hybridized carbons (Fsp3) is 0.625. The first-order chi connectivity index (χ1) is 16.1. The number of anilines is 1. The fourth-order valence-corrected chi connectivity index (χ4v) is 6.90. The molecule has 8 nitrogen and oxygen atoms in total. The molecule has 0 aromatic heterocycles. The van der Waals surface area contributed by atoms with Gasteiger partial charge in [0.2, 0.25) is 11.8 Å². The van der Waals surface area contributed by atoms with Gasteiger partial charge in [0.05, 0.1) is 37.2 Å². The van der Waals surface area contributed by atoms with Crippen LogP contribution in [0.2, 0.25) is 5.02 Å². The Morgan fingerprint density at radius 3 is 2.62 bits per heavy atom. The standard InChI is InChI=1S/C24H30BrClN2O6/c1-4-33-23(32)17-18-22(31)28(15(11-29)9-12(2)3)20(24(18)10-16(25)19(17)34-24)21(30)27-14-7-5-13(26)6-8-14/h5-8,12,15-20,29H,4,9-11H2,1-3H3,(H,27,30)/t15-,16?,17-,18+,19-,20?,24?/m1/s1. The van der Waals surface area contributed by atoms with Gasteiger partial charge in [0.15, 0.2) is 0 Å². The Morgan fingerprint density at radius 2 is 2.03 bits per heavy atom. The van der Waals surface area contributed by atoms with E-state index in [2.05, 4.69) is 21.2 Å². The Labute approximate surface area is 212 Å². The van der Waals surface area contributed by atoms with Crippen LogP contribution in [0.3, 0.4) is 0 Å². The molecule has 0 aliphatic carbocycles. The van der Waals surface area contributed by atoms with Crippen molar-refractivity contribution in [1.29, 1.82) is 0 Å². The van der Waals surface area contributed by atoms with Gasteiger partial charge in [0.1, 0.15) is 11.6 Å². The maximum Gasteiger partial charge on any atom is 0.312 e. The Bertz CT molecular complexity index is 959. The van der Waals surface area contributed by atoms with Gasteiger partial charge in [0.25, 0.3) is 0 Å². The molecule has 3 fully saturated rings. The number of benzene rings is 1. The number of hydrogen-bond acceptors (Lipinski definition) is 6. The summed E-state index contributed by atoms with van der Waals surface area (Å²) in [6.45, 7) is 5.57. The van der Waals surface area contributed by atoms with Gasteiger partial charge in [-0.3, -0.25) is 14.4 Å². The average molecular weight is 558 g/mol. The minimum absolute atomic E-state index is 0.171. The van der Waals surface area contributed by atoms with E-state index in [0.29, 0.717) is 23.6 Å². The summed E-state index contributed by atoms with van der Waals surface area (Å²) >= 11 is 9.59. The van der Waals surface area contributed by atoms with Crippen LogP contribution in [0.25, 0.3) is 0 Å². The SMILES string of the molecule is CCOC(=O)[C@H]1[C@@H]2OC3(CC2Br)C(C(=O)Nc2ccc(Cl)cc2)N([C@@H](CO)CC(C)C)C(=O)[C@H]13. The second kappa shape index (κ2) is 9.76. The minimum Gasteiger partial charge on any atom is -0.466 e. The number of nitrogens with one attached hydrogen (secondary N) is 1. The van der Waals surface area contributed by atoms with E-state index < -0.39 is 47.5 Å². The number of carbonyl (C=O) groups excluding carboxylic acids is 3. The number of aliphatic hydroxyl groups is 1. The molecule has 0 radical (unpaired) electrons. The van der Waals surface area contributed by atoms with Gasteiger partial charge in [-0.05, 0) is 49.9 Å². The number of esters is 1. The lowest BCUT2D eigenvalue weighted by molar-refractivity contribution is -0.155. The van der Waals surface area contributed by atoms with Gasteiger partial charge in [-0.1, -0.05) is 41.4 Å². The monoisotopic (exact) mass is 556 g/mol. The molecule has 34 heavy (non-hydrogen) atoms. The summed E-state index contributed by atoms with van der Waals surface area (Å²) in [5.41, 5.74) is -0.676. The molecule has 4 rings (SSSR count). The molecule has 3 heterocycles. The minimum atomic E-state index is -1.20. The number of fused-ring (bicyclic) bond motifs is 1. The number of alkyl halides is 1. The molecule has 2 N–H and O–H groups in total. The quantitative estimate of drug-likeness (QED) is 0.376. The van der Waals surface area contributed by atoms with Crippen LogP contribution in [-0.4, -0.2) is 69.6 Å². The first-order valence-corrected chi connectivity index (χ1v) is 12.9. The normalized spacial score (nSPS) is 32.7. The highest BCUT2D eigenvalue weighted by Gasteiger charge is 2.77. The van der Waals surface area contributed by atoms with Gasteiger partial charge >= 0.3 is 5.97 Å². The van der Waals surface area contributed by atoms with Crippen molar-refractivity contribution in [3.05, 3.63) is 29.3 Å². The number of halogens is 2. The molecule has 3 aliphatic rings. The molecule has 1 spiro atoms. The molecule has 3 unspecified atom stereocenters. The first kappa shape index (κ1) is 25.4. The molecule has 2 amide bonds. The number of ether oxygens (including phenoxy) is 2. The van der Waals surface area contributed by atoms with Crippen LogP contribution in [0.4, 0.5) is 5.69 Å². The third-order valence-electron chi connectivity index (χ3n) is 6.99. The van der Waals surface area contributed by atoms with E-state index >= 15 is 0 Å². The van der Waals surface area contributed by atoms with E-state index in [9.17, 15) is 19.5 Å². The third-order valence-corrected chi connectivity index (χ3v) is 8.09. The zero-order chi connectivity index (χ0) is 24.8. The molecular formula is C24H30BrClN2O6. The van der Waals surface area contributed by atoms with E-state index in [-0.39, 0.29) is 29.9 Å². The van der Waals surface area contributed by atoms with E-state index in [1.54, 1.807) is 31.2 Å². The van der Waals surface area contributed by atoms with Crippen LogP contribution < -0.4 is 5.32 Å². The van der Waals surface area contributed by atoms with E-state index in [1.807, 2.05) is 13.8 Å². The summed E-state index contributed by atoms with van der Waals surface area (Å²) < 4.78 is 11.7. The Balaban J connectivity index is 1.76. The highest BCUT2D eigenvalue weighted by Crippen LogP contribution is 2.60. The summed E-state index contributed by atoms with van der Waals surface area (Å²) in [6.07, 6.45) is 0.318. The Hall–Kier alpha value is -1.68. The van der Waals surface area contributed by atoms with Gasteiger partial charge in [-0.15, -0.1) is 0 Å². The van der Waals surface area contributed by atoms with E-state index in [1.165, 1.54) is 4.90 Å². The van der Waals surface area contributed by atoms with Gasteiger partial charge in [0, 0.05) is 15.5 Å². The van der Waals surface area contributed by atoms with Crippen LogP contribution in [0.5, 0.6) is 0 Å². The van der Waals surface area contributed by atoms with Gasteiger partial charge in [-0.2, -0.15) is 0 Å². The van der Waals surface area contributed by atoms with Crippen LogP contribution in [0.15, 0.2) is 24.3 Å². The van der Waals surface area contributed by atoms with Crippen molar-refractivity contribution in [2.24, 2.45) is 17.8 Å². The van der Waals surface area contributed by atoms with Crippen molar-refractivity contribution < 1.29 is 29.0 Å². The average Bonchev–Trinajstić information content (AvgIpc) is 3.37. The molecule has 3 saturated heterocycles. The van der Waals surface area contributed by atoms with Crippen LogP contribution in [-0.2, 0) is 23.9 Å². The highest BCUT2D eigenvalue weighted by atomic mass is 79.9. The molecule has 7 atom stereocenters. The van der Waals surface area contributed by atoms with Crippen LogP contribution in [0.1, 0.15) is 33.6 Å². The number of rotatable bonds is 8. The van der Waals surface area contributed by atoms with Crippen molar-refractivity contribution >= 4 is 51.0 Å². The number of nitrogens with zero attached hydrogens (tertiary/aromatic N) is 1. The molecular weight excluding hydrogens is 528 g/mol. The molecule has 0 saturated carbocycles. The number of amides is 2. The predicted molar refractivity (Wildman–Crippen MR) is 130 cm³/mol. The molecule has 1 aromatic carbocycles. The molecule has 1 aromatic rings.